The van der Waals surface area contributed by atoms with Gasteiger partial charge in [-0.2, -0.15) is 0 Å². The Morgan fingerprint density at radius 2 is 1.80 bits per heavy atom. The zero-order chi connectivity index (χ0) is 29.1. The third-order valence-corrected chi connectivity index (χ3v) is 8.74. The molecule has 3 aliphatic heterocycles. The van der Waals surface area contributed by atoms with Crippen molar-refractivity contribution in [2.75, 3.05) is 30.4 Å². The van der Waals surface area contributed by atoms with Crippen LogP contribution < -0.4 is 15.4 Å². The molecule has 5 atom stereocenters. The molecule has 41 heavy (non-hydrogen) atoms. The summed E-state index contributed by atoms with van der Waals surface area (Å²) in [4.78, 5) is 43.4. The van der Waals surface area contributed by atoms with Crippen LogP contribution in [0.3, 0.4) is 0 Å². The number of aliphatic hydroxyl groups excluding tert-OH is 1. The van der Waals surface area contributed by atoms with Gasteiger partial charge in [-0.15, -0.1) is 0 Å². The van der Waals surface area contributed by atoms with Crippen molar-refractivity contribution in [2.45, 2.75) is 77.0 Å². The molecule has 3 aliphatic rings. The number of anilines is 2. The number of nitrogens with one attached hydrogen (secondary N) is 2. The van der Waals surface area contributed by atoms with E-state index in [2.05, 4.69) is 10.6 Å². The number of carbonyl (C=O) groups excluding carboxylic acids is 3. The van der Waals surface area contributed by atoms with Crippen molar-refractivity contribution in [3.05, 3.63) is 53.6 Å². The summed E-state index contributed by atoms with van der Waals surface area (Å²) in [5.41, 5.74) is 2.24. The third-order valence-electron chi connectivity index (χ3n) is 8.74. The smallest absolute Gasteiger partial charge is 0.250 e. The molecule has 9 nitrogen and oxygen atoms in total. The van der Waals surface area contributed by atoms with Crippen LogP contribution in [0.5, 0.6) is 5.75 Å². The van der Waals surface area contributed by atoms with E-state index in [4.69, 9.17) is 14.6 Å². The number of hydrogen-bond acceptors (Lipinski definition) is 6. The van der Waals surface area contributed by atoms with E-state index in [-0.39, 0.29) is 24.3 Å². The van der Waals surface area contributed by atoms with E-state index in [1.54, 1.807) is 29.2 Å². The van der Waals surface area contributed by atoms with Gasteiger partial charge in [0.25, 0.3) is 0 Å². The maximum absolute atomic E-state index is 14.1. The molecule has 0 aliphatic carbocycles. The number of nitrogens with zero attached hydrogens (tertiary/aromatic N) is 1. The Kier molecular flexibility index (Phi) is 8.66. The number of fused-ring (bicyclic) bond motifs is 1. The van der Waals surface area contributed by atoms with Crippen molar-refractivity contribution in [2.24, 2.45) is 11.8 Å². The molecule has 2 unspecified atom stereocenters. The zero-order valence-electron chi connectivity index (χ0n) is 24.2. The van der Waals surface area contributed by atoms with E-state index in [0.717, 1.165) is 24.0 Å². The second-order valence-electron chi connectivity index (χ2n) is 11.5. The predicted octanol–water partition coefficient (Wildman–Crippen LogP) is 4.21. The second-order valence-corrected chi connectivity index (χ2v) is 11.5. The summed E-state index contributed by atoms with van der Waals surface area (Å²) < 4.78 is 12.0. The highest BCUT2D eigenvalue weighted by atomic mass is 16.5. The lowest BCUT2D eigenvalue weighted by molar-refractivity contribution is -0.139. The highest BCUT2D eigenvalue weighted by Crippen LogP contribution is 2.58. The molecule has 3 amide bonds. The van der Waals surface area contributed by atoms with Crippen molar-refractivity contribution in [3.8, 4) is 5.75 Å². The molecule has 0 aromatic heterocycles. The van der Waals surface area contributed by atoms with Gasteiger partial charge in [-0.05, 0) is 87.9 Å². The molecule has 0 saturated carbocycles. The fourth-order valence-corrected chi connectivity index (χ4v) is 6.84. The lowest BCUT2D eigenvalue weighted by atomic mass is 9.70. The SMILES string of the molecule is CCOc1ccc(NC(=O)[C@@H]2[C@H]3C(=O)N(CCCCCCO)C(C(=O)Nc4cc(C)ccc4C)C34CC[C@H]2O4)cc1. The Morgan fingerprint density at radius 3 is 2.54 bits per heavy atom. The van der Waals surface area contributed by atoms with Gasteiger partial charge in [0.1, 0.15) is 17.4 Å². The maximum Gasteiger partial charge on any atom is 0.250 e. The minimum absolute atomic E-state index is 0.134. The first kappa shape index (κ1) is 29.1. The Morgan fingerprint density at radius 1 is 1.05 bits per heavy atom. The van der Waals surface area contributed by atoms with E-state index in [1.807, 2.05) is 39.0 Å². The summed E-state index contributed by atoms with van der Waals surface area (Å²) in [5.74, 6) is -1.43. The molecule has 2 bridgehead atoms. The largest absolute Gasteiger partial charge is 0.494 e. The van der Waals surface area contributed by atoms with Crippen LogP contribution in [-0.2, 0) is 19.1 Å². The minimum atomic E-state index is -1.05. The van der Waals surface area contributed by atoms with E-state index in [0.29, 0.717) is 56.0 Å². The summed E-state index contributed by atoms with van der Waals surface area (Å²) in [6, 6.07) is 12.2. The molecule has 220 valence electrons. The van der Waals surface area contributed by atoms with Gasteiger partial charge in [-0.3, -0.25) is 14.4 Å². The fourth-order valence-electron chi connectivity index (χ4n) is 6.84. The molecule has 1 spiro atoms. The van der Waals surface area contributed by atoms with Gasteiger partial charge in [0, 0.05) is 24.5 Å². The number of rotatable bonds is 12. The molecule has 9 heteroatoms. The van der Waals surface area contributed by atoms with E-state index in [9.17, 15) is 14.4 Å². The van der Waals surface area contributed by atoms with Crippen LogP contribution in [0.1, 0.15) is 56.6 Å². The number of aryl methyl sites for hydroxylation is 2. The van der Waals surface area contributed by atoms with Crippen LogP contribution in [0.15, 0.2) is 42.5 Å². The minimum Gasteiger partial charge on any atom is -0.494 e. The van der Waals surface area contributed by atoms with Gasteiger partial charge in [0.05, 0.1) is 24.5 Å². The highest BCUT2D eigenvalue weighted by Gasteiger charge is 2.74. The van der Waals surface area contributed by atoms with Gasteiger partial charge in [0.15, 0.2) is 0 Å². The van der Waals surface area contributed by atoms with Crippen LogP contribution in [0.4, 0.5) is 11.4 Å². The van der Waals surface area contributed by atoms with E-state index in [1.165, 1.54) is 0 Å². The van der Waals surface area contributed by atoms with Gasteiger partial charge < -0.3 is 30.1 Å². The maximum atomic E-state index is 14.1. The molecular formula is C32H41N3O6. The lowest BCUT2D eigenvalue weighted by Gasteiger charge is -2.33. The van der Waals surface area contributed by atoms with Crippen molar-refractivity contribution in [1.82, 2.24) is 4.90 Å². The van der Waals surface area contributed by atoms with Crippen LogP contribution in [0.25, 0.3) is 0 Å². The fraction of sp³-hybridized carbons (Fsp3) is 0.531. The van der Waals surface area contributed by atoms with E-state index < -0.39 is 29.6 Å². The van der Waals surface area contributed by atoms with Crippen molar-refractivity contribution >= 4 is 29.1 Å². The van der Waals surface area contributed by atoms with Gasteiger partial charge in [0.2, 0.25) is 17.7 Å². The standard InChI is InChI=1S/C32H41N3O6/c1-4-40-23-13-11-22(12-14-23)33-29(37)26-25-15-16-32(41-25)27(26)31(39)35(17-7-5-6-8-18-36)28(32)30(38)34-24-19-20(2)9-10-21(24)3/h9-14,19,25-28,36H,4-8,15-18H2,1-3H3,(H,33,37)(H,34,38)/t25-,26+,27+,28?,32?/m1/s1. The molecule has 3 heterocycles. The number of ether oxygens (including phenoxy) is 2. The number of carbonyl (C=O) groups is 3. The topological polar surface area (TPSA) is 117 Å². The molecule has 3 fully saturated rings. The first-order valence-corrected chi connectivity index (χ1v) is 14.8. The van der Waals surface area contributed by atoms with Crippen LogP contribution in [0.2, 0.25) is 0 Å². The second kappa shape index (κ2) is 12.2. The lowest BCUT2D eigenvalue weighted by Crippen LogP contribution is -2.53. The summed E-state index contributed by atoms with van der Waals surface area (Å²) >= 11 is 0. The Hall–Kier alpha value is -3.43. The number of unbranched alkanes of at least 4 members (excludes halogenated alkanes) is 3. The molecule has 5 rings (SSSR count). The van der Waals surface area contributed by atoms with E-state index >= 15 is 0 Å². The summed E-state index contributed by atoms with van der Waals surface area (Å²) in [6.07, 6.45) is 3.82. The highest BCUT2D eigenvalue weighted by molar-refractivity contribution is 6.05. The van der Waals surface area contributed by atoms with Gasteiger partial charge in [-0.25, -0.2) is 0 Å². The predicted molar refractivity (Wildman–Crippen MR) is 156 cm³/mol. The number of likely N-dealkylation sites (tertiary alicyclic amines) is 1. The summed E-state index contributed by atoms with van der Waals surface area (Å²) in [7, 11) is 0. The van der Waals surface area contributed by atoms with Crippen LogP contribution >= 0.6 is 0 Å². The summed E-state index contributed by atoms with van der Waals surface area (Å²) in [6.45, 7) is 6.90. The quantitative estimate of drug-likeness (QED) is 0.333. The van der Waals surface area contributed by atoms with Gasteiger partial charge in [-0.1, -0.05) is 25.0 Å². The average molecular weight is 564 g/mol. The molecule has 3 N–H and O–H groups in total. The first-order valence-electron chi connectivity index (χ1n) is 14.8. The summed E-state index contributed by atoms with van der Waals surface area (Å²) in [5, 5.41) is 15.2. The van der Waals surface area contributed by atoms with Gasteiger partial charge >= 0.3 is 0 Å². The van der Waals surface area contributed by atoms with Crippen molar-refractivity contribution in [1.29, 1.82) is 0 Å². The molecule has 2 aromatic rings. The molecular weight excluding hydrogens is 522 g/mol. The molecule has 2 aromatic carbocycles. The Labute approximate surface area is 241 Å². The normalized spacial score (nSPS) is 26.2. The molecule has 0 radical (unpaired) electrons. The average Bonchev–Trinajstić information content (AvgIpc) is 3.59. The third kappa shape index (κ3) is 5.57. The number of benzene rings is 2. The first-order chi connectivity index (χ1) is 19.8. The monoisotopic (exact) mass is 563 g/mol. The van der Waals surface area contributed by atoms with Crippen LogP contribution in [-0.4, -0.2) is 65.2 Å². The Bertz CT molecular complexity index is 1280. The van der Waals surface area contributed by atoms with Crippen LogP contribution in [0, 0.1) is 25.7 Å². The number of amides is 3. The number of aliphatic hydroxyl groups is 1. The molecule has 3 saturated heterocycles. The zero-order valence-corrected chi connectivity index (χ0v) is 24.2. The Balaban J connectivity index is 1.40. The van der Waals surface area contributed by atoms with Crippen molar-refractivity contribution in [3.63, 3.8) is 0 Å². The van der Waals surface area contributed by atoms with Crippen molar-refractivity contribution < 1.29 is 29.0 Å². The number of hydrogen-bond donors (Lipinski definition) is 3.